The molecule has 2 aromatic rings. The normalized spacial score (nSPS) is 14.9. The van der Waals surface area contributed by atoms with Crippen LogP contribution in [0.15, 0.2) is 42.7 Å². The quantitative estimate of drug-likeness (QED) is 0.907. The summed E-state index contributed by atoms with van der Waals surface area (Å²) in [4.78, 5) is 15.5. The summed E-state index contributed by atoms with van der Waals surface area (Å²) in [6.07, 6.45) is 4.61. The summed E-state index contributed by atoms with van der Waals surface area (Å²) in [5.74, 6) is 0.643. The largest absolute Gasteiger partial charge is 0.488 e. The monoisotopic (exact) mass is 332 g/mol. The smallest absolute Gasteiger partial charge is 0.407 e. The fourth-order valence-corrected chi connectivity index (χ4v) is 2.30. The molecule has 6 heteroatoms. The second kappa shape index (κ2) is 6.46. The van der Waals surface area contributed by atoms with Gasteiger partial charge in [-0.25, -0.2) is 4.79 Å². The molecule has 120 valence electrons. The Morgan fingerprint density at radius 1 is 1.26 bits per heavy atom. The van der Waals surface area contributed by atoms with E-state index in [9.17, 15) is 4.79 Å². The molecule has 0 aliphatic heterocycles. The number of ether oxygens (including phenoxy) is 2. The number of rotatable bonds is 5. The number of hydrogen-bond acceptors (Lipinski definition) is 4. The van der Waals surface area contributed by atoms with E-state index in [0.29, 0.717) is 17.4 Å². The van der Waals surface area contributed by atoms with Crippen molar-refractivity contribution in [1.29, 1.82) is 0 Å². The molecule has 0 spiro atoms. The van der Waals surface area contributed by atoms with Crippen molar-refractivity contribution in [3.05, 3.63) is 47.7 Å². The molecular weight excluding hydrogens is 316 g/mol. The van der Waals surface area contributed by atoms with Crippen LogP contribution < -0.4 is 10.1 Å². The Morgan fingerprint density at radius 3 is 2.65 bits per heavy atom. The van der Waals surface area contributed by atoms with Gasteiger partial charge in [-0.15, -0.1) is 0 Å². The standard InChI is InChI=1S/C17H17ClN2O3/c1-19-16(21)23-17(6-7-17)11-22-15-8-13(9-20-10-15)12-2-4-14(18)5-3-12/h2-5,8-10H,6-7,11H2,1H3,(H,19,21). The van der Waals surface area contributed by atoms with Crippen LogP contribution in [0.4, 0.5) is 4.79 Å². The summed E-state index contributed by atoms with van der Waals surface area (Å²) >= 11 is 5.90. The maximum Gasteiger partial charge on any atom is 0.407 e. The highest BCUT2D eigenvalue weighted by Gasteiger charge is 2.48. The number of pyridine rings is 1. The van der Waals surface area contributed by atoms with Gasteiger partial charge in [0, 0.05) is 23.8 Å². The average molecular weight is 333 g/mol. The predicted molar refractivity (Wildman–Crippen MR) is 87.7 cm³/mol. The SMILES string of the molecule is CNC(=O)OC1(COc2cncc(-c3ccc(Cl)cc3)c2)CC1. The van der Waals surface area contributed by atoms with Gasteiger partial charge in [-0.3, -0.25) is 4.98 Å². The predicted octanol–water partition coefficient (Wildman–Crippen LogP) is 3.67. The van der Waals surface area contributed by atoms with Crippen LogP contribution in [0, 0.1) is 0 Å². The second-order valence-corrected chi connectivity index (χ2v) is 5.96. The fraction of sp³-hybridized carbons (Fsp3) is 0.294. The molecular formula is C17H17ClN2O3. The van der Waals surface area contributed by atoms with E-state index >= 15 is 0 Å². The number of benzene rings is 1. The molecule has 1 heterocycles. The van der Waals surface area contributed by atoms with Crippen LogP contribution in [-0.4, -0.2) is 30.3 Å². The minimum absolute atomic E-state index is 0.326. The van der Waals surface area contributed by atoms with E-state index in [1.54, 1.807) is 19.4 Å². The molecule has 0 saturated heterocycles. The Kier molecular flexibility index (Phi) is 4.39. The van der Waals surface area contributed by atoms with Crippen LogP contribution in [0.2, 0.25) is 5.02 Å². The maximum absolute atomic E-state index is 11.3. The number of nitrogens with one attached hydrogen (secondary N) is 1. The number of carbonyl (C=O) groups excluding carboxylic acids is 1. The lowest BCUT2D eigenvalue weighted by Gasteiger charge is -2.17. The van der Waals surface area contributed by atoms with Crippen molar-refractivity contribution in [2.75, 3.05) is 13.7 Å². The first kappa shape index (κ1) is 15.6. The Bertz CT molecular complexity index is 699. The average Bonchev–Trinajstić information content (AvgIpc) is 3.34. The van der Waals surface area contributed by atoms with Crippen LogP contribution in [-0.2, 0) is 4.74 Å². The zero-order valence-electron chi connectivity index (χ0n) is 12.7. The van der Waals surface area contributed by atoms with Crippen molar-refractivity contribution in [3.8, 4) is 16.9 Å². The van der Waals surface area contributed by atoms with Crippen molar-refractivity contribution in [2.24, 2.45) is 0 Å². The molecule has 1 aliphatic rings. The topological polar surface area (TPSA) is 60.5 Å². The Hall–Kier alpha value is -2.27. The summed E-state index contributed by atoms with van der Waals surface area (Å²) in [5, 5.41) is 3.15. The minimum atomic E-state index is -0.504. The van der Waals surface area contributed by atoms with E-state index in [1.807, 2.05) is 30.3 Å². The first-order chi connectivity index (χ1) is 11.1. The van der Waals surface area contributed by atoms with Crippen molar-refractivity contribution >= 4 is 17.7 Å². The molecule has 5 nitrogen and oxygen atoms in total. The van der Waals surface area contributed by atoms with Crippen molar-refractivity contribution in [2.45, 2.75) is 18.4 Å². The number of halogens is 1. The molecule has 1 N–H and O–H groups in total. The van der Waals surface area contributed by atoms with E-state index in [4.69, 9.17) is 21.1 Å². The van der Waals surface area contributed by atoms with Crippen LogP contribution in [0.5, 0.6) is 5.75 Å². The number of alkyl carbamates (subject to hydrolysis) is 1. The first-order valence-corrected chi connectivity index (χ1v) is 7.73. The van der Waals surface area contributed by atoms with Gasteiger partial charge in [0.15, 0.2) is 0 Å². The van der Waals surface area contributed by atoms with Gasteiger partial charge in [0.2, 0.25) is 0 Å². The molecule has 1 amide bonds. The molecule has 1 aromatic carbocycles. The summed E-state index contributed by atoms with van der Waals surface area (Å²) < 4.78 is 11.1. The molecule has 1 aromatic heterocycles. The fourth-order valence-electron chi connectivity index (χ4n) is 2.18. The summed E-state index contributed by atoms with van der Waals surface area (Å²) in [7, 11) is 1.54. The zero-order chi connectivity index (χ0) is 16.3. The maximum atomic E-state index is 11.3. The Balaban J connectivity index is 1.66. The number of nitrogens with zero attached hydrogens (tertiary/aromatic N) is 1. The van der Waals surface area contributed by atoms with Gasteiger partial charge < -0.3 is 14.8 Å². The second-order valence-electron chi connectivity index (χ2n) is 5.53. The highest BCUT2D eigenvalue weighted by atomic mass is 35.5. The highest BCUT2D eigenvalue weighted by Crippen LogP contribution is 2.40. The van der Waals surface area contributed by atoms with Crippen LogP contribution in [0.1, 0.15) is 12.8 Å². The van der Waals surface area contributed by atoms with Crippen LogP contribution in [0.3, 0.4) is 0 Å². The van der Waals surface area contributed by atoms with E-state index in [2.05, 4.69) is 10.3 Å². The summed E-state index contributed by atoms with van der Waals surface area (Å²) in [6.45, 7) is 0.326. The van der Waals surface area contributed by atoms with E-state index in [-0.39, 0.29) is 0 Å². The lowest BCUT2D eigenvalue weighted by Crippen LogP contribution is -2.31. The van der Waals surface area contributed by atoms with Gasteiger partial charge in [0.25, 0.3) is 0 Å². The third-order valence-corrected chi connectivity index (χ3v) is 3.97. The number of carbonyl (C=O) groups is 1. The molecule has 0 unspecified atom stereocenters. The molecule has 0 bridgehead atoms. The third-order valence-electron chi connectivity index (χ3n) is 3.71. The zero-order valence-corrected chi connectivity index (χ0v) is 13.5. The van der Waals surface area contributed by atoms with Gasteiger partial charge in [-0.05, 0) is 36.6 Å². The number of hydrogen-bond donors (Lipinski definition) is 1. The van der Waals surface area contributed by atoms with Crippen LogP contribution in [0.25, 0.3) is 11.1 Å². The number of aromatic nitrogens is 1. The molecule has 3 rings (SSSR count). The highest BCUT2D eigenvalue weighted by molar-refractivity contribution is 6.30. The molecule has 0 atom stereocenters. The van der Waals surface area contributed by atoms with Gasteiger partial charge in [0.05, 0.1) is 6.20 Å². The van der Waals surface area contributed by atoms with E-state index < -0.39 is 11.7 Å². The van der Waals surface area contributed by atoms with Gasteiger partial charge in [-0.2, -0.15) is 0 Å². The molecule has 1 fully saturated rings. The van der Waals surface area contributed by atoms with Gasteiger partial charge in [-0.1, -0.05) is 23.7 Å². The van der Waals surface area contributed by atoms with Crippen LogP contribution >= 0.6 is 11.6 Å². The van der Waals surface area contributed by atoms with E-state index in [1.165, 1.54) is 0 Å². The molecule has 1 saturated carbocycles. The Morgan fingerprint density at radius 2 is 2.00 bits per heavy atom. The molecule has 1 aliphatic carbocycles. The first-order valence-electron chi connectivity index (χ1n) is 7.35. The molecule has 0 radical (unpaired) electrons. The number of amides is 1. The van der Waals surface area contributed by atoms with Crippen molar-refractivity contribution in [3.63, 3.8) is 0 Å². The Labute approximate surface area is 139 Å². The van der Waals surface area contributed by atoms with Crippen molar-refractivity contribution < 1.29 is 14.3 Å². The van der Waals surface area contributed by atoms with Gasteiger partial charge >= 0.3 is 6.09 Å². The molecule has 23 heavy (non-hydrogen) atoms. The summed E-state index contributed by atoms with van der Waals surface area (Å²) in [5.41, 5.74) is 1.45. The minimum Gasteiger partial charge on any atom is -0.488 e. The summed E-state index contributed by atoms with van der Waals surface area (Å²) in [6, 6.07) is 9.44. The third kappa shape index (κ3) is 3.93. The lowest BCUT2D eigenvalue weighted by atomic mass is 10.1. The van der Waals surface area contributed by atoms with Gasteiger partial charge in [0.1, 0.15) is 18.0 Å². The van der Waals surface area contributed by atoms with Crippen molar-refractivity contribution in [1.82, 2.24) is 10.3 Å². The van der Waals surface area contributed by atoms with E-state index in [0.717, 1.165) is 24.0 Å². The lowest BCUT2D eigenvalue weighted by molar-refractivity contribution is 0.0496.